The Labute approximate surface area is 257 Å². The fourth-order valence-corrected chi connectivity index (χ4v) is 6.77. The third-order valence-electron chi connectivity index (χ3n) is 9.13. The van der Waals surface area contributed by atoms with E-state index in [2.05, 4.69) is 84.2 Å². The lowest BCUT2D eigenvalue weighted by atomic mass is 9.94. The van der Waals surface area contributed by atoms with Crippen LogP contribution in [0.3, 0.4) is 0 Å². The van der Waals surface area contributed by atoms with Crippen LogP contribution in [-0.4, -0.2) is 67.5 Å². The van der Waals surface area contributed by atoms with Crippen molar-refractivity contribution >= 4 is 11.6 Å². The number of rotatable bonds is 9. The number of aliphatic hydroxyl groups is 1. The van der Waals surface area contributed by atoms with E-state index in [-0.39, 0.29) is 12.0 Å². The Morgan fingerprint density at radius 3 is 2.53 bits per heavy atom. The minimum absolute atomic E-state index is 0.0803. The Kier molecular flexibility index (Phi) is 10.1. The van der Waals surface area contributed by atoms with E-state index in [1.165, 1.54) is 5.56 Å². The fraction of sp³-hybridized carbons (Fsp3) is 0.472. The predicted molar refractivity (Wildman–Crippen MR) is 175 cm³/mol. The number of hydrogen-bond acceptors (Lipinski definition) is 6. The molecule has 7 heteroatoms. The highest BCUT2D eigenvalue weighted by Crippen LogP contribution is 2.34. The van der Waals surface area contributed by atoms with E-state index in [9.17, 15) is 9.90 Å². The molecule has 5 rings (SSSR count). The number of dihydropyridines is 1. The molecule has 2 fully saturated rings. The summed E-state index contributed by atoms with van der Waals surface area (Å²) in [5.74, 6) is -0.0803. The zero-order valence-electron chi connectivity index (χ0n) is 26.3. The van der Waals surface area contributed by atoms with Crippen LogP contribution in [0.1, 0.15) is 67.9 Å². The van der Waals surface area contributed by atoms with Crippen molar-refractivity contribution in [2.75, 3.05) is 44.3 Å². The number of allylic oxidation sites excluding steroid dienone is 3. The Bertz CT molecular complexity index is 1390. The first-order valence-electron chi connectivity index (χ1n) is 15.8. The molecule has 7 nitrogen and oxygen atoms in total. The van der Waals surface area contributed by atoms with Crippen molar-refractivity contribution in [3.05, 3.63) is 88.3 Å². The van der Waals surface area contributed by atoms with Gasteiger partial charge in [0, 0.05) is 68.1 Å². The molecule has 3 N–H and O–H groups in total. The van der Waals surface area contributed by atoms with Gasteiger partial charge in [-0.05, 0) is 112 Å². The number of nitrogens with zero attached hydrogens (tertiary/aromatic N) is 2. The molecular weight excluding hydrogens is 536 g/mol. The molecule has 3 heterocycles. The number of amides is 1. The Morgan fingerprint density at radius 2 is 1.86 bits per heavy atom. The molecule has 0 aliphatic carbocycles. The second-order valence-electron chi connectivity index (χ2n) is 12.3. The number of ether oxygens (including phenoxy) is 1. The third kappa shape index (κ3) is 7.40. The highest BCUT2D eigenvalue weighted by Gasteiger charge is 2.25. The van der Waals surface area contributed by atoms with Crippen LogP contribution in [0.4, 0.5) is 5.69 Å². The summed E-state index contributed by atoms with van der Waals surface area (Å²) < 4.78 is 5.67. The summed E-state index contributed by atoms with van der Waals surface area (Å²) >= 11 is 0. The molecule has 0 radical (unpaired) electrons. The van der Waals surface area contributed by atoms with E-state index < -0.39 is 0 Å². The highest BCUT2D eigenvalue weighted by molar-refractivity contribution is 5.99. The molecule has 0 saturated carbocycles. The Balaban J connectivity index is 1.45. The molecule has 0 bridgehead atoms. The van der Waals surface area contributed by atoms with E-state index >= 15 is 0 Å². The molecule has 3 aliphatic heterocycles. The maximum absolute atomic E-state index is 13.8. The highest BCUT2D eigenvalue weighted by atomic mass is 16.5. The molecule has 2 saturated heterocycles. The standard InChI is InChI=1S/C36H48N4O3/c1-6-40(31-13-16-43-17-14-31)35-20-30(29-11-9-28(10-12-29)22-39-15-7-8-32(41)23-39)19-33(26(35)4)36(42)37-21-34-24(2)18-25(3)38-27(34)5/h9-12,18-20,31-32,38,41H,5-8,13-17,21-23H2,1-4H3,(H,37,42). The first-order valence-corrected chi connectivity index (χ1v) is 15.8. The average Bonchev–Trinajstić information content (AvgIpc) is 2.99. The number of β-amino-alcohol motifs (C(OH)–C–C–N with tert-alkyl or cyclic N) is 1. The van der Waals surface area contributed by atoms with Crippen LogP contribution in [0, 0.1) is 6.92 Å². The van der Waals surface area contributed by atoms with E-state index in [0.717, 1.165) is 110 Å². The van der Waals surface area contributed by atoms with Crippen LogP contribution in [0.15, 0.2) is 71.6 Å². The SMILES string of the molecule is C=C1NC(C)=CC(C)=C1CNC(=O)c1cc(-c2ccc(CN3CCCC(O)C3)cc2)cc(N(CC)C2CCOCC2)c1C. The molecular formula is C36H48N4O3. The van der Waals surface area contributed by atoms with Gasteiger partial charge in [-0.2, -0.15) is 0 Å². The summed E-state index contributed by atoms with van der Waals surface area (Å²) in [5.41, 5.74) is 10.2. The van der Waals surface area contributed by atoms with Gasteiger partial charge in [0.05, 0.1) is 6.10 Å². The zero-order valence-corrected chi connectivity index (χ0v) is 26.3. The molecule has 0 aromatic heterocycles. The van der Waals surface area contributed by atoms with Crippen molar-refractivity contribution in [3.63, 3.8) is 0 Å². The van der Waals surface area contributed by atoms with Crippen molar-refractivity contribution in [2.24, 2.45) is 0 Å². The molecule has 1 unspecified atom stereocenters. The van der Waals surface area contributed by atoms with Gasteiger partial charge in [0.25, 0.3) is 5.91 Å². The maximum Gasteiger partial charge on any atom is 0.251 e. The van der Waals surface area contributed by atoms with Crippen molar-refractivity contribution in [3.8, 4) is 11.1 Å². The number of aliphatic hydroxyl groups excluding tert-OH is 1. The molecule has 0 spiro atoms. The lowest BCUT2D eigenvalue weighted by Crippen LogP contribution is -2.40. The third-order valence-corrected chi connectivity index (χ3v) is 9.13. The quantitative estimate of drug-likeness (QED) is 0.352. The first-order chi connectivity index (χ1) is 20.7. The van der Waals surface area contributed by atoms with Crippen molar-refractivity contribution in [1.82, 2.24) is 15.5 Å². The molecule has 2 aromatic carbocycles. The number of carbonyl (C=O) groups excluding carboxylic acids is 1. The van der Waals surface area contributed by atoms with Gasteiger partial charge in [-0.25, -0.2) is 0 Å². The number of carbonyl (C=O) groups is 1. The number of likely N-dealkylation sites (tertiary alicyclic amines) is 1. The summed E-state index contributed by atoms with van der Waals surface area (Å²) in [6, 6.07) is 13.4. The summed E-state index contributed by atoms with van der Waals surface area (Å²) in [4.78, 5) is 18.6. The van der Waals surface area contributed by atoms with Gasteiger partial charge in [-0.1, -0.05) is 30.8 Å². The lowest BCUT2D eigenvalue weighted by molar-refractivity contribution is 0.0668. The summed E-state index contributed by atoms with van der Waals surface area (Å²) in [6.45, 7) is 17.9. The Hall–Kier alpha value is -3.39. The summed E-state index contributed by atoms with van der Waals surface area (Å²) in [7, 11) is 0. The molecule has 230 valence electrons. The van der Waals surface area contributed by atoms with Crippen molar-refractivity contribution in [1.29, 1.82) is 0 Å². The monoisotopic (exact) mass is 584 g/mol. The van der Waals surface area contributed by atoms with Crippen molar-refractivity contribution in [2.45, 2.75) is 72.1 Å². The van der Waals surface area contributed by atoms with E-state index in [1.54, 1.807) is 0 Å². The number of anilines is 1. The molecule has 1 atom stereocenters. The minimum atomic E-state index is -0.228. The second-order valence-corrected chi connectivity index (χ2v) is 12.3. The van der Waals surface area contributed by atoms with E-state index in [1.807, 2.05) is 13.0 Å². The fourth-order valence-electron chi connectivity index (χ4n) is 6.77. The van der Waals surface area contributed by atoms with Crippen molar-refractivity contribution < 1.29 is 14.6 Å². The zero-order chi connectivity index (χ0) is 30.5. The van der Waals surface area contributed by atoms with E-state index in [0.29, 0.717) is 18.2 Å². The number of nitrogens with one attached hydrogen (secondary N) is 2. The van der Waals surface area contributed by atoms with Crippen LogP contribution in [0.5, 0.6) is 0 Å². The van der Waals surface area contributed by atoms with Crippen LogP contribution in [0.2, 0.25) is 0 Å². The first kappa shape index (κ1) is 31.0. The molecule has 43 heavy (non-hydrogen) atoms. The summed E-state index contributed by atoms with van der Waals surface area (Å²) in [5, 5.41) is 16.6. The summed E-state index contributed by atoms with van der Waals surface area (Å²) in [6.07, 6.45) is 5.75. The maximum atomic E-state index is 13.8. The second kappa shape index (κ2) is 13.9. The van der Waals surface area contributed by atoms with E-state index in [4.69, 9.17) is 4.74 Å². The van der Waals surface area contributed by atoms with Crippen LogP contribution >= 0.6 is 0 Å². The average molecular weight is 585 g/mol. The van der Waals surface area contributed by atoms with Crippen LogP contribution in [-0.2, 0) is 11.3 Å². The predicted octanol–water partition coefficient (Wildman–Crippen LogP) is 5.69. The number of benzene rings is 2. The molecule has 1 amide bonds. The van der Waals surface area contributed by atoms with Gasteiger partial charge >= 0.3 is 0 Å². The minimum Gasteiger partial charge on any atom is -0.392 e. The van der Waals surface area contributed by atoms with Gasteiger partial charge in [-0.15, -0.1) is 0 Å². The van der Waals surface area contributed by atoms with Gasteiger partial charge < -0.3 is 25.4 Å². The normalized spacial score (nSPS) is 20.1. The van der Waals surface area contributed by atoms with Crippen LogP contribution in [0.25, 0.3) is 11.1 Å². The molecule has 2 aromatic rings. The topological polar surface area (TPSA) is 77.1 Å². The molecule has 3 aliphatic rings. The lowest BCUT2D eigenvalue weighted by Gasteiger charge is -2.37. The number of piperidine rings is 1. The van der Waals surface area contributed by atoms with Gasteiger partial charge in [0.2, 0.25) is 0 Å². The van der Waals surface area contributed by atoms with Crippen LogP contribution < -0.4 is 15.5 Å². The largest absolute Gasteiger partial charge is 0.392 e. The van der Waals surface area contributed by atoms with Gasteiger partial charge in [0.15, 0.2) is 0 Å². The smallest absolute Gasteiger partial charge is 0.251 e. The van der Waals surface area contributed by atoms with Gasteiger partial charge in [0.1, 0.15) is 0 Å². The Morgan fingerprint density at radius 1 is 1.12 bits per heavy atom. The van der Waals surface area contributed by atoms with Gasteiger partial charge in [-0.3, -0.25) is 9.69 Å². The number of hydrogen-bond donors (Lipinski definition) is 3.